The van der Waals surface area contributed by atoms with Crippen LogP contribution < -0.4 is 0 Å². The molecule has 2 aromatic rings. The normalized spacial score (nSPS) is 10.6. The summed E-state index contributed by atoms with van der Waals surface area (Å²) in [6.07, 6.45) is 3.50. The van der Waals surface area contributed by atoms with Gasteiger partial charge in [0.2, 0.25) is 0 Å². The van der Waals surface area contributed by atoms with Crippen LogP contribution in [0.25, 0.3) is 5.52 Å². The number of thioether (sulfide) groups is 1. The molecule has 0 aromatic carbocycles. The predicted octanol–water partition coefficient (Wildman–Crippen LogP) is 3.06. The third kappa shape index (κ3) is 1.64. The number of nitro groups is 1. The molecular formula is C12H11N3O2S. The zero-order valence-electron chi connectivity index (χ0n) is 10.2. The molecule has 0 fully saturated rings. The van der Waals surface area contributed by atoms with Gasteiger partial charge in [-0.3, -0.25) is 10.1 Å². The highest BCUT2D eigenvalue weighted by Gasteiger charge is 2.27. The van der Waals surface area contributed by atoms with Crippen molar-refractivity contribution in [3.8, 4) is 6.07 Å². The summed E-state index contributed by atoms with van der Waals surface area (Å²) in [6, 6.07) is 3.94. The summed E-state index contributed by atoms with van der Waals surface area (Å²) in [7, 11) is 0. The van der Waals surface area contributed by atoms with Gasteiger partial charge in [-0.05, 0) is 31.2 Å². The van der Waals surface area contributed by atoms with E-state index < -0.39 is 4.92 Å². The van der Waals surface area contributed by atoms with Crippen LogP contribution in [0.1, 0.15) is 16.8 Å². The Morgan fingerprint density at radius 2 is 2.17 bits per heavy atom. The Hall–Kier alpha value is -2.00. The first kappa shape index (κ1) is 12.5. The fraction of sp³-hybridized carbons (Fsp3) is 0.250. The van der Waals surface area contributed by atoms with Crippen molar-refractivity contribution >= 4 is 23.0 Å². The minimum Gasteiger partial charge on any atom is -0.301 e. The lowest BCUT2D eigenvalue weighted by Gasteiger charge is -2.01. The molecule has 18 heavy (non-hydrogen) atoms. The number of nitrogens with zero attached hydrogens (tertiary/aromatic N) is 3. The third-order valence-electron chi connectivity index (χ3n) is 2.78. The number of hydrogen-bond donors (Lipinski definition) is 0. The van der Waals surface area contributed by atoms with E-state index in [0.29, 0.717) is 16.1 Å². The molecule has 0 saturated carbocycles. The van der Waals surface area contributed by atoms with Crippen LogP contribution in [0.4, 0.5) is 5.69 Å². The summed E-state index contributed by atoms with van der Waals surface area (Å²) >= 11 is 1.23. The van der Waals surface area contributed by atoms with E-state index >= 15 is 0 Å². The molecule has 0 aliphatic rings. The van der Waals surface area contributed by atoms with Gasteiger partial charge in [0.1, 0.15) is 22.2 Å². The zero-order chi connectivity index (χ0) is 13.4. The number of pyridine rings is 1. The van der Waals surface area contributed by atoms with Gasteiger partial charge in [-0.25, -0.2) is 0 Å². The molecule has 0 unspecified atom stereocenters. The molecule has 2 rings (SSSR count). The summed E-state index contributed by atoms with van der Waals surface area (Å²) < 4.78 is 1.62. The molecule has 0 amide bonds. The minimum atomic E-state index is -0.412. The number of nitriles is 1. The van der Waals surface area contributed by atoms with E-state index in [1.54, 1.807) is 16.9 Å². The van der Waals surface area contributed by atoms with Crippen LogP contribution in [0.5, 0.6) is 0 Å². The van der Waals surface area contributed by atoms with Crippen molar-refractivity contribution in [2.24, 2.45) is 0 Å². The molecule has 0 N–H and O–H groups in total. The van der Waals surface area contributed by atoms with E-state index in [2.05, 4.69) is 6.07 Å². The van der Waals surface area contributed by atoms with E-state index in [9.17, 15) is 15.4 Å². The molecule has 2 heterocycles. The molecule has 0 saturated heterocycles. The Labute approximate surface area is 108 Å². The van der Waals surface area contributed by atoms with Gasteiger partial charge in [0.25, 0.3) is 0 Å². The Morgan fingerprint density at radius 1 is 1.50 bits per heavy atom. The Bertz CT molecular complexity index is 698. The van der Waals surface area contributed by atoms with Crippen LogP contribution in [0.2, 0.25) is 0 Å². The molecule has 0 bridgehead atoms. The molecule has 0 atom stereocenters. The molecule has 0 aliphatic carbocycles. The van der Waals surface area contributed by atoms with Crippen molar-refractivity contribution < 1.29 is 4.92 Å². The summed E-state index contributed by atoms with van der Waals surface area (Å²) in [4.78, 5) is 11.2. The van der Waals surface area contributed by atoms with Gasteiger partial charge in [-0.1, -0.05) is 6.07 Å². The maximum absolute atomic E-state index is 11.2. The molecule has 2 aromatic heterocycles. The van der Waals surface area contributed by atoms with Crippen molar-refractivity contribution in [2.45, 2.75) is 18.7 Å². The number of rotatable bonds is 2. The number of hydrogen-bond acceptors (Lipinski definition) is 4. The van der Waals surface area contributed by atoms with Gasteiger partial charge in [0, 0.05) is 6.20 Å². The summed E-state index contributed by atoms with van der Waals surface area (Å²) in [5.41, 5.74) is 2.63. The monoisotopic (exact) mass is 261 g/mol. The molecule has 92 valence electrons. The highest BCUT2D eigenvalue weighted by molar-refractivity contribution is 7.98. The van der Waals surface area contributed by atoms with Crippen LogP contribution >= 0.6 is 11.8 Å². The number of fused-ring (bicyclic) bond motifs is 1. The summed E-state index contributed by atoms with van der Waals surface area (Å²) in [5.74, 6) is 0. The Balaban J connectivity index is 3.07. The minimum absolute atomic E-state index is 0.0246. The fourth-order valence-electron chi connectivity index (χ4n) is 2.18. The highest BCUT2D eigenvalue weighted by Crippen LogP contribution is 2.38. The lowest BCUT2D eigenvalue weighted by Crippen LogP contribution is -1.93. The quantitative estimate of drug-likeness (QED) is 0.473. The van der Waals surface area contributed by atoms with Crippen LogP contribution in [0.3, 0.4) is 0 Å². The average molecular weight is 261 g/mol. The van der Waals surface area contributed by atoms with E-state index in [0.717, 1.165) is 11.1 Å². The van der Waals surface area contributed by atoms with Crippen LogP contribution in [0, 0.1) is 35.3 Å². The summed E-state index contributed by atoms with van der Waals surface area (Å²) in [5, 5.41) is 20.4. The molecule has 0 radical (unpaired) electrons. The van der Waals surface area contributed by atoms with Crippen molar-refractivity contribution in [2.75, 3.05) is 6.26 Å². The maximum atomic E-state index is 11.2. The topological polar surface area (TPSA) is 71.3 Å². The second-order valence-electron chi connectivity index (χ2n) is 4.02. The maximum Gasteiger partial charge on any atom is 0.309 e. The molecule has 0 aliphatic heterocycles. The molecular weight excluding hydrogens is 250 g/mol. The van der Waals surface area contributed by atoms with Gasteiger partial charge < -0.3 is 4.40 Å². The van der Waals surface area contributed by atoms with Crippen molar-refractivity contribution in [1.82, 2.24) is 4.40 Å². The van der Waals surface area contributed by atoms with E-state index in [-0.39, 0.29) is 5.69 Å². The predicted molar refractivity (Wildman–Crippen MR) is 70.0 cm³/mol. The second kappa shape index (κ2) is 4.35. The first-order chi connectivity index (χ1) is 8.51. The van der Waals surface area contributed by atoms with E-state index in [1.165, 1.54) is 11.8 Å². The first-order valence-electron chi connectivity index (χ1n) is 5.25. The lowest BCUT2D eigenvalue weighted by atomic mass is 10.2. The fourth-order valence-corrected chi connectivity index (χ4v) is 2.88. The molecule has 6 heteroatoms. The van der Waals surface area contributed by atoms with Gasteiger partial charge in [-0.15, -0.1) is 11.8 Å². The SMILES string of the molecule is CSc1c([N+](=O)[O-])c2c(C)cc(C)cn2c1C#N. The van der Waals surface area contributed by atoms with Crippen molar-refractivity contribution in [1.29, 1.82) is 5.26 Å². The Morgan fingerprint density at radius 3 is 2.67 bits per heavy atom. The van der Waals surface area contributed by atoms with E-state index in [4.69, 9.17) is 0 Å². The van der Waals surface area contributed by atoms with Gasteiger partial charge in [-0.2, -0.15) is 5.26 Å². The molecule has 5 nitrogen and oxygen atoms in total. The van der Waals surface area contributed by atoms with Gasteiger partial charge >= 0.3 is 5.69 Å². The zero-order valence-corrected chi connectivity index (χ0v) is 11.0. The standard InChI is InChI=1S/C12H11N3O2S/c1-7-4-8(2)10-11(15(16)17)12(18-3)9(5-13)14(10)6-7/h4,6H,1-3H3. The van der Waals surface area contributed by atoms with Crippen LogP contribution in [-0.4, -0.2) is 15.6 Å². The third-order valence-corrected chi connectivity index (χ3v) is 3.57. The van der Waals surface area contributed by atoms with Gasteiger partial charge in [0.15, 0.2) is 0 Å². The number of aromatic nitrogens is 1. The average Bonchev–Trinajstić information content (AvgIpc) is 2.62. The van der Waals surface area contributed by atoms with Crippen molar-refractivity contribution in [3.63, 3.8) is 0 Å². The highest BCUT2D eigenvalue weighted by atomic mass is 32.2. The first-order valence-corrected chi connectivity index (χ1v) is 6.47. The van der Waals surface area contributed by atoms with Crippen LogP contribution in [-0.2, 0) is 0 Å². The smallest absolute Gasteiger partial charge is 0.301 e. The van der Waals surface area contributed by atoms with E-state index in [1.807, 2.05) is 19.9 Å². The largest absolute Gasteiger partial charge is 0.309 e. The Kier molecular flexibility index (Phi) is 3.01. The lowest BCUT2D eigenvalue weighted by molar-refractivity contribution is -0.385. The van der Waals surface area contributed by atoms with Gasteiger partial charge in [0.05, 0.1) is 4.92 Å². The van der Waals surface area contributed by atoms with Crippen LogP contribution in [0.15, 0.2) is 17.2 Å². The number of aryl methyl sites for hydroxylation is 2. The molecule has 0 spiro atoms. The second-order valence-corrected chi connectivity index (χ2v) is 4.83. The summed E-state index contributed by atoms with van der Waals surface area (Å²) in [6.45, 7) is 3.72. The van der Waals surface area contributed by atoms with Crippen molar-refractivity contribution in [3.05, 3.63) is 39.2 Å².